The van der Waals surface area contributed by atoms with Gasteiger partial charge in [0.05, 0.1) is 0 Å². The summed E-state index contributed by atoms with van der Waals surface area (Å²) in [6.45, 7) is 9.39. The highest BCUT2D eigenvalue weighted by molar-refractivity contribution is 5.25. The molecule has 0 amide bonds. The molecule has 0 radical (unpaired) electrons. The molecule has 0 saturated heterocycles. The van der Waals surface area contributed by atoms with Crippen molar-refractivity contribution in [2.75, 3.05) is 0 Å². The van der Waals surface area contributed by atoms with Crippen LogP contribution < -0.4 is 0 Å². The number of rotatable bonds is 8. The smallest absolute Gasteiger partial charge is 0.0193 e. The van der Waals surface area contributed by atoms with Crippen molar-refractivity contribution in [3.8, 4) is 0 Å². The van der Waals surface area contributed by atoms with Crippen molar-refractivity contribution in [1.82, 2.24) is 0 Å². The number of benzene rings is 1. The summed E-state index contributed by atoms with van der Waals surface area (Å²) in [4.78, 5) is 0. The van der Waals surface area contributed by atoms with Gasteiger partial charge in [-0.25, -0.2) is 0 Å². The standard InChI is InChI=1S/C23H38/c1-5-19(4)23-13-11-21(12-14-23)17-22(15-18(2)3)16-20-9-7-6-8-10-20/h11-14,18-20,22H,5-10,15-17H2,1-4H3. The van der Waals surface area contributed by atoms with E-state index in [1.165, 1.54) is 63.4 Å². The van der Waals surface area contributed by atoms with Gasteiger partial charge < -0.3 is 0 Å². The molecule has 0 spiro atoms. The van der Waals surface area contributed by atoms with Crippen molar-refractivity contribution in [2.24, 2.45) is 17.8 Å². The number of hydrogen-bond acceptors (Lipinski definition) is 0. The van der Waals surface area contributed by atoms with Gasteiger partial charge >= 0.3 is 0 Å². The third-order valence-electron chi connectivity index (χ3n) is 5.88. The summed E-state index contributed by atoms with van der Waals surface area (Å²) in [5.41, 5.74) is 3.06. The lowest BCUT2D eigenvalue weighted by Gasteiger charge is -2.28. The Labute approximate surface area is 145 Å². The summed E-state index contributed by atoms with van der Waals surface area (Å²) in [7, 11) is 0. The van der Waals surface area contributed by atoms with Gasteiger partial charge in [-0.2, -0.15) is 0 Å². The van der Waals surface area contributed by atoms with E-state index in [0.717, 1.165) is 17.8 Å². The van der Waals surface area contributed by atoms with E-state index in [1.807, 2.05) is 0 Å². The first kappa shape index (κ1) is 18.6. The van der Waals surface area contributed by atoms with Crippen molar-refractivity contribution in [3.63, 3.8) is 0 Å². The molecule has 2 atom stereocenters. The van der Waals surface area contributed by atoms with Crippen molar-refractivity contribution >= 4 is 0 Å². The fraction of sp³-hybridized carbons (Fsp3) is 0.739. The van der Waals surface area contributed by atoms with Crippen molar-refractivity contribution < 1.29 is 0 Å². The zero-order valence-electron chi connectivity index (χ0n) is 16.0. The Hall–Kier alpha value is -0.780. The average molecular weight is 315 g/mol. The molecule has 23 heavy (non-hydrogen) atoms. The maximum atomic E-state index is 2.40. The van der Waals surface area contributed by atoms with Gasteiger partial charge in [-0.15, -0.1) is 0 Å². The first-order valence-electron chi connectivity index (χ1n) is 10.2. The molecule has 0 aliphatic heterocycles. The Balaban J connectivity index is 1.95. The predicted octanol–water partition coefficient (Wildman–Crippen LogP) is 7.38. The van der Waals surface area contributed by atoms with Crippen LogP contribution in [0.15, 0.2) is 24.3 Å². The molecular formula is C23H38. The highest BCUT2D eigenvalue weighted by Gasteiger charge is 2.20. The molecule has 1 aromatic rings. The van der Waals surface area contributed by atoms with Gasteiger partial charge in [-0.3, -0.25) is 0 Å². The molecule has 1 aliphatic carbocycles. The van der Waals surface area contributed by atoms with E-state index in [9.17, 15) is 0 Å². The minimum Gasteiger partial charge on any atom is -0.0648 e. The summed E-state index contributed by atoms with van der Waals surface area (Å²) >= 11 is 0. The van der Waals surface area contributed by atoms with Crippen LogP contribution in [0.25, 0.3) is 0 Å². The Morgan fingerprint density at radius 1 is 0.957 bits per heavy atom. The quantitative estimate of drug-likeness (QED) is 0.469. The predicted molar refractivity (Wildman–Crippen MR) is 103 cm³/mol. The van der Waals surface area contributed by atoms with E-state index in [2.05, 4.69) is 52.0 Å². The minimum absolute atomic E-state index is 0.692. The van der Waals surface area contributed by atoms with Crippen LogP contribution in [-0.2, 0) is 6.42 Å². The van der Waals surface area contributed by atoms with Crippen LogP contribution in [0, 0.1) is 17.8 Å². The van der Waals surface area contributed by atoms with E-state index >= 15 is 0 Å². The molecule has 0 bridgehead atoms. The lowest BCUT2D eigenvalue weighted by atomic mass is 9.78. The highest BCUT2D eigenvalue weighted by atomic mass is 14.3. The van der Waals surface area contributed by atoms with Gasteiger partial charge in [0.25, 0.3) is 0 Å². The third kappa shape index (κ3) is 6.32. The second-order valence-electron chi connectivity index (χ2n) is 8.49. The lowest BCUT2D eigenvalue weighted by Crippen LogP contribution is -2.16. The molecule has 0 heterocycles. The van der Waals surface area contributed by atoms with Crippen LogP contribution in [0.5, 0.6) is 0 Å². The topological polar surface area (TPSA) is 0 Å². The van der Waals surface area contributed by atoms with E-state index in [1.54, 1.807) is 5.56 Å². The first-order valence-corrected chi connectivity index (χ1v) is 10.2. The van der Waals surface area contributed by atoms with Gasteiger partial charge in [0.1, 0.15) is 0 Å². The van der Waals surface area contributed by atoms with Gasteiger partial charge in [0.2, 0.25) is 0 Å². The van der Waals surface area contributed by atoms with E-state index in [-0.39, 0.29) is 0 Å². The van der Waals surface area contributed by atoms with Crippen LogP contribution in [0.1, 0.15) is 96.1 Å². The molecule has 0 aromatic heterocycles. The van der Waals surface area contributed by atoms with E-state index in [0.29, 0.717) is 5.92 Å². The monoisotopic (exact) mass is 314 g/mol. The van der Waals surface area contributed by atoms with E-state index in [4.69, 9.17) is 0 Å². The Bertz CT molecular complexity index is 422. The molecular weight excluding hydrogens is 276 g/mol. The van der Waals surface area contributed by atoms with Crippen molar-refractivity contribution in [2.45, 2.75) is 91.4 Å². The molecule has 0 nitrogen and oxygen atoms in total. The molecule has 2 unspecified atom stereocenters. The Kier molecular flexibility index (Phi) is 7.66. The molecule has 1 saturated carbocycles. The van der Waals surface area contributed by atoms with Gasteiger partial charge in [-0.05, 0) is 60.5 Å². The normalized spacial score (nSPS) is 19.0. The number of hydrogen-bond donors (Lipinski definition) is 0. The van der Waals surface area contributed by atoms with Crippen molar-refractivity contribution in [1.29, 1.82) is 0 Å². The minimum atomic E-state index is 0.692. The molecule has 0 N–H and O–H groups in total. The summed E-state index contributed by atoms with van der Waals surface area (Å²) in [6, 6.07) is 9.54. The molecule has 2 rings (SSSR count). The molecule has 1 fully saturated rings. The van der Waals surface area contributed by atoms with Crippen LogP contribution >= 0.6 is 0 Å². The zero-order valence-corrected chi connectivity index (χ0v) is 16.0. The van der Waals surface area contributed by atoms with Crippen LogP contribution in [0.2, 0.25) is 0 Å². The SMILES string of the molecule is CCC(C)c1ccc(CC(CC(C)C)CC2CCCCC2)cc1. The lowest BCUT2D eigenvalue weighted by molar-refractivity contribution is 0.262. The van der Waals surface area contributed by atoms with Crippen molar-refractivity contribution in [3.05, 3.63) is 35.4 Å². The first-order chi connectivity index (χ1) is 11.1. The van der Waals surface area contributed by atoms with Crippen LogP contribution in [-0.4, -0.2) is 0 Å². The fourth-order valence-corrected chi connectivity index (χ4v) is 4.38. The van der Waals surface area contributed by atoms with Gasteiger partial charge in [0.15, 0.2) is 0 Å². The second-order valence-corrected chi connectivity index (χ2v) is 8.49. The second kappa shape index (κ2) is 9.50. The third-order valence-corrected chi connectivity index (χ3v) is 5.88. The van der Waals surface area contributed by atoms with Crippen LogP contribution in [0.4, 0.5) is 0 Å². The van der Waals surface area contributed by atoms with E-state index < -0.39 is 0 Å². The largest absolute Gasteiger partial charge is 0.0648 e. The van der Waals surface area contributed by atoms with Crippen LogP contribution in [0.3, 0.4) is 0 Å². The molecule has 1 aliphatic rings. The fourth-order valence-electron chi connectivity index (χ4n) is 4.38. The molecule has 130 valence electrons. The molecule has 0 heteroatoms. The zero-order chi connectivity index (χ0) is 16.7. The van der Waals surface area contributed by atoms with Gasteiger partial charge in [0, 0.05) is 0 Å². The summed E-state index contributed by atoms with van der Waals surface area (Å²) in [5, 5.41) is 0. The Morgan fingerprint density at radius 3 is 2.17 bits per heavy atom. The van der Waals surface area contributed by atoms with Gasteiger partial charge in [-0.1, -0.05) is 84.1 Å². The average Bonchev–Trinajstić information content (AvgIpc) is 2.55. The summed E-state index contributed by atoms with van der Waals surface area (Å²) in [5.74, 6) is 3.40. The summed E-state index contributed by atoms with van der Waals surface area (Å²) < 4.78 is 0. The Morgan fingerprint density at radius 2 is 1.61 bits per heavy atom. The maximum absolute atomic E-state index is 2.40. The highest BCUT2D eigenvalue weighted by Crippen LogP contribution is 2.33. The summed E-state index contributed by atoms with van der Waals surface area (Å²) in [6.07, 6.45) is 12.8. The maximum Gasteiger partial charge on any atom is -0.0193 e. The molecule has 1 aromatic carbocycles.